The van der Waals surface area contributed by atoms with Crippen molar-refractivity contribution in [1.82, 2.24) is 24.6 Å². The summed E-state index contributed by atoms with van der Waals surface area (Å²) in [5.41, 5.74) is 2.02. The smallest absolute Gasteiger partial charge is 0.222 e. The molecule has 1 spiro atoms. The highest BCUT2D eigenvalue weighted by Gasteiger charge is 2.43. The van der Waals surface area contributed by atoms with Gasteiger partial charge in [0.2, 0.25) is 5.91 Å². The van der Waals surface area contributed by atoms with E-state index in [0.717, 1.165) is 62.5 Å². The van der Waals surface area contributed by atoms with E-state index in [4.69, 9.17) is 4.74 Å². The van der Waals surface area contributed by atoms with Crippen molar-refractivity contribution in [2.45, 2.75) is 44.2 Å². The first-order valence-corrected chi connectivity index (χ1v) is 11.3. The molecule has 156 valence electrons. The van der Waals surface area contributed by atoms with E-state index in [0.29, 0.717) is 6.42 Å². The van der Waals surface area contributed by atoms with Gasteiger partial charge >= 0.3 is 0 Å². The Morgan fingerprint density at radius 3 is 2.90 bits per heavy atom. The molecular weight excluding hydrogens is 398 g/mol. The summed E-state index contributed by atoms with van der Waals surface area (Å²) < 4.78 is 8.24. The lowest BCUT2D eigenvalue weighted by Crippen LogP contribution is -2.47. The molecule has 1 amide bonds. The van der Waals surface area contributed by atoms with Crippen molar-refractivity contribution >= 4 is 17.2 Å². The third kappa shape index (κ3) is 3.77. The summed E-state index contributed by atoms with van der Waals surface area (Å²) >= 11 is 1.78. The van der Waals surface area contributed by atoms with Crippen LogP contribution in [0.25, 0.3) is 10.6 Å². The van der Waals surface area contributed by atoms with Crippen LogP contribution in [0, 0.1) is 0 Å². The number of piperidine rings is 1. The number of carbonyl (C=O) groups is 1. The van der Waals surface area contributed by atoms with Gasteiger partial charge in [-0.1, -0.05) is 0 Å². The fraction of sp³-hybridized carbons (Fsp3) is 0.455. The lowest BCUT2D eigenvalue weighted by molar-refractivity contribution is -0.140. The van der Waals surface area contributed by atoms with Crippen molar-refractivity contribution in [3.63, 3.8) is 0 Å². The first-order valence-electron chi connectivity index (χ1n) is 10.5. The van der Waals surface area contributed by atoms with Gasteiger partial charge in [0, 0.05) is 55.7 Å². The van der Waals surface area contributed by atoms with Crippen LogP contribution in [-0.4, -0.2) is 50.3 Å². The molecule has 5 heterocycles. The Morgan fingerprint density at radius 2 is 2.13 bits per heavy atom. The van der Waals surface area contributed by atoms with Gasteiger partial charge < -0.3 is 9.64 Å². The zero-order valence-electron chi connectivity index (χ0n) is 16.9. The minimum Gasteiger partial charge on any atom is -0.369 e. The predicted octanol–water partition coefficient (Wildman–Crippen LogP) is 3.27. The molecule has 0 bridgehead atoms. The van der Waals surface area contributed by atoms with Crippen molar-refractivity contribution in [3.8, 4) is 10.6 Å². The van der Waals surface area contributed by atoms with E-state index < -0.39 is 0 Å². The Kier molecular flexibility index (Phi) is 5.35. The van der Waals surface area contributed by atoms with E-state index in [1.807, 2.05) is 28.0 Å². The van der Waals surface area contributed by atoms with Gasteiger partial charge in [0.05, 0.1) is 23.4 Å². The second kappa shape index (κ2) is 8.28. The molecule has 3 aromatic heterocycles. The van der Waals surface area contributed by atoms with Crippen molar-refractivity contribution in [2.24, 2.45) is 0 Å². The third-order valence-corrected chi connectivity index (χ3v) is 7.43. The fourth-order valence-corrected chi connectivity index (χ4v) is 5.82. The molecule has 0 saturated carbocycles. The lowest BCUT2D eigenvalue weighted by atomic mass is 9.85. The van der Waals surface area contributed by atoms with Crippen LogP contribution in [0.1, 0.15) is 36.1 Å². The molecule has 0 unspecified atom stereocenters. The number of amides is 1. The standard InChI is InChI=1S/C22H25N5O2S/c28-20(3-1-10-27-11-2-7-25-27)26-12-5-22(6-13-26)21-17(4-14-29-22)15-19(30-21)18-16-23-8-9-24-18/h2,7-9,11,15-16H,1,3-6,10,12-14H2. The van der Waals surface area contributed by atoms with Crippen LogP contribution in [0.15, 0.2) is 43.1 Å². The van der Waals surface area contributed by atoms with E-state index in [2.05, 4.69) is 21.1 Å². The molecule has 0 radical (unpaired) electrons. The number of ether oxygens (including phenoxy) is 1. The number of fused-ring (bicyclic) bond motifs is 2. The minimum absolute atomic E-state index is 0.236. The third-order valence-electron chi connectivity index (χ3n) is 6.05. The molecule has 0 aliphatic carbocycles. The Balaban J connectivity index is 1.24. The Bertz CT molecular complexity index is 994. The Hall–Kier alpha value is -2.58. The number of rotatable bonds is 5. The van der Waals surface area contributed by atoms with Crippen molar-refractivity contribution < 1.29 is 9.53 Å². The van der Waals surface area contributed by atoms with Crippen LogP contribution in [0.2, 0.25) is 0 Å². The van der Waals surface area contributed by atoms with Crippen LogP contribution in [0.3, 0.4) is 0 Å². The summed E-state index contributed by atoms with van der Waals surface area (Å²) in [5.74, 6) is 0.236. The topological polar surface area (TPSA) is 73.1 Å². The van der Waals surface area contributed by atoms with Gasteiger partial charge in [-0.05, 0) is 43.4 Å². The second-order valence-corrected chi connectivity index (χ2v) is 8.95. The maximum absolute atomic E-state index is 12.7. The van der Waals surface area contributed by atoms with Gasteiger partial charge in [-0.2, -0.15) is 5.10 Å². The minimum atomic E-state index is -0.259. The number of hydrogen-bond donors (Lipinski definition) is 0. The molecule has 7 nitrogen and oxygen atoms in total. The molecule has 1 saturated heterocycles. The summed E-state index contributed by atoms with van der Waals surface area (Å²) in [4.78, 5) is 25.8. The molecule has 8 heteroatoms. The molecule has 0 atom stereocenters. The Labute approximate surface area is 179 Å². The highest BCUT2D eigenvalue weighted by molar-refractivity contribution is 7.15. The first kappa shape index (κ1) is 19.4. The summed E-state index contributed by atoms with van der Waals surface area (Å²) in [6.07, 6.45) is 13.0. The van der Waals surface area contributed by atoms with E-state index in [-0.39, 0.29) is 11.5 Å². The molecule has 5 rings (SSSR count). The average molecular weight is 424 g/mol. The van der Waals surface area contributed by atoms with E-state index >= 15 is 0 Å². The average Bonchev–Trinajstić information content (AvgIpc) is 3.46. The van der Waals surface area contributed by atoms with E-state index in [1.165, 1.54) is 10.4 Å². The summed E-state index contributed by atoms with van der Waals surface area (Å²) in [5, 5.41) is 4.20. The largest absolute Gasteiger partial charge is 0.369 e. The van der Waals surface area contributed by atoms with E-state index in [1.54, 1.807) is 29.9 Å². The zero-order valence-corrected chi connectivity index (χ0v) is 17.7. The number of aryl methyl sites for hydroxylation is 1. The highest BCUT2D eigenvalue weighted by Crippen LogP contribution is 2.47. The molecule has 30 heavy (non-hydrogen) atoms. The SMILES string of the molecule is O=C(CCCn1cccn1)N1CCC2(CC1)OCCc1cc(-c3cnccn3)sc12. The van der Waals surface area contributed by atoms with Crippen LogP contribution in [-0.2, 0) is 28.1 Å². The molecule has 0 N–H and O–H groups in total. The second-order valence-electron chi connectivity index (χ2n) is 7.90. The predicted molar refractivity (Wildman–Crippen MR) is 114 cm³/mol. The maximum Gasteiger partial charge on any atom is 0.222 e. The first-order chi connectivity index (χ1) is 14.7. The van der Waals surface area contributed by atoms with Crippen LogP contribution in [0.4, 0.5) is 0 Å². The van der Waals surface area contributed by atoms with Gasteiger partial charge in [-0.3, -0.25) is 19.4 Å². The fourth-order valence-electron chi connectivity index (χ4n) is 4.45. The molecule has 2 aliphatic rings. The van der Waals surface area contributed by atoms with Gasteiger partial charge in [-0.15, -0.1) is 11.3 Å². The normalized spacial score (nSPS) is 17.8. The van der Waals surface area contributed by atoms with Crippen LogP contribution < -0.4 is 0 Å². The number of nitrogens with zero attached hydrogens (tertiary/aromatic N) is 5. The van der Waals surface area contributed by atoms with Gasteiger partial charge in [0.15, 0.2) is 0 Å². The van der Waals surface area contributed by atoms with Crippen molar-refractivity contribution in [2.75, 3.05) is 19.7 Å². The molecule has 2 aliphatic heterocycles. The number of thiophene rings is 1. The monoisotopic (exact) mass is 423 g/mol. The van der Waals surface area contributed by atoms with Gasteiger partial charge in [-0.25, -0.2) is 0 Å². The zero-order chi connectivity index (χ0) is 20.4. The number of likely N-dealkylation sites (tertiary alicyclic amines) is 1. The summed E-state index contributed by atoms with van der Waals surface area (Å²) in [6.45, 7) is 3.02. The van der Waals surface area contributed by atoms with Crippen LogP contribution in [0.5, 0.6) is 0 Å². The molecule has 0 aromatic carbocycles. The summed E-state index contributed by atoms with van der Waals surface area (Å²) in [7, 11) is 0. The van der Waals surface area contributed by atoms with Gasteiger partial charge in [0.1, 0.15) is 5.60 Å². The molecule has 3 aromatic rings. The molecular formula is C22H25N5O2S. The number of aromatic nitrogens is 4. The Morgan fingerprint density at radius 1 is 1.23 bits per heavy atom. The van der Waals surface area contributed by atoms with Gasteiger partial charge in [0.25, 0.3) is 0 Å². The number of carbonyl (C=O) groups excluding carboxylic acids is 1. The van der Waals surface area contributed by atoms with Crippen LogP contribution >= 0.6 is 11.3 Å². The lowest BCUT2D eigenvalue weighted by Gasteiger charge is -2.43. The highest BCUT2D eigenvalue weighted by atomic mass is 32.1. The molecule has 1 fully saturated rings. The number of hydrogen-bond acceptors (Lipinski definition) is 6. The van der Waals surface area contributed by atoms with Crippen molar-refractivity contribution in [1.29, 1.82) is 0 Å². The maximum atomic E-state index is 12.7. The quantitative estimate of drug-likeness (QED) is 0.630. The van der Waals surface area contributed by atoms with Crippen molar-refractivity contribution in [3.05, 3.63) is 53.6 Å². The van der Waals surface area contributed by atoms with E-state index in [9.17, 15) is 4.79 Å². The summed E-state index contributed by atoms with van der Waals surface area (Å²) in [6, 6.07) is 4.16.